The molecule has 0 aliphatic carbocycles. The summed E-state index contributed by atoms with van der Waals surface area (Å²) in [5.74, 6) is 0.511. The van der Waals surface area contributed by atoms with E-state index in [9.17, 15) is 0 Å². The van der Waals surface area contributed by atoms with Crippen LogP contribution in [0.4, 0.5) is 0 Å². The number of rotatable bonds is 4. The first-order chi connectivity index (χ1) is 5.74. The molecule has 72 valence electrons. The second kappa shape index (κ2) is 4.80. The first-order valence-corrected chi connectivity index (χ1v) is 4.67. The molecule has 3 heteroatoms. The van der Waals surface area contributed by atoms with E-state index in [1.54, 1.807) is 0 Å². The molecule has 2 N–H and O–H groups in total. The molecule has 0 aromatic heterocycles. The standard InChI is InChI=1S/C9H19NO2/c1-7(2)12-9(5-10)8-3-4-11-6-8/h7-9H,3-6,10H2,1-2H3. The van der Waals surface area contributed by atoms with Gasteiger partial charge in [-0.05, 0) is 20.3 Å². The fourth-order valence-electron chi connectivity index (χ4n) is 1.55. The minimum absolute atomic E-state index is 0.187. The first-order valence-electron chi connectivity index (χ1n) is 4.67. The zero-order chi connectivity index (χ0) is 8.97. The van der Waals surface area contributed by atoms with Crippen molar-refractivity contribution in [2.45, 2.75) is 32.5 Å². The van der Waals surface area contributed by atoms with Gasteiger partial charge in [-0.2, -0.15) is 0 Å². The van der Waals surface area contributed by atoms with E-state index in [1.165, 1.54) is 0 Å². The van der Waals surface area contributed by atoms with Gasteiger partial charge in [0, 0.05) is 19.1 Å². The van der Waals surface area contributed by atoms with Crippen molar-refractivity contribution in [3.8, 4) is 0 Å². The van der Waals surface area contributed by atoms with Gasteiger partial charge in [0.25, 0.3) is 0 Å². The van der Waals surface area contributed by atoms with Gasteiger partial charge in [-0.15, -0.1) is 0 Å². The minimum atomic E-state index is 0.187. The Morgan fingerprint density at radius 1 is 1.58 bits per heavy atom. The van der Waals surface area contributed by atoms with Crippen LogP contribution >= 0.6 is 0 Å². The Morgan fingerprint density at radius 3 is 2.75 bits per heavy atom. The highest BCUT2D eigenvalue weighted by Gasteiger charge is 2.25. The number of hydrogen-bond donors (Lipinski definition) is 1. The van der Waals surface area contributed by atoms with E-state index in [0.29, 0.717) is 12.5 Å². The molecule has 3 nitrogen and oxygen atoms in total. The summed E-state index contributed by atoms with van der Waals surface area (Å²) >= 11 is 0. The third kappa shape index (κ3) is 2.73. The lowest BCUT2D eigenvalue weighted by atomic mass is 10.0. The largest absolute Gasteiger partial charge is 0.381 e. The van der Waals surface area contributed by atoms with Crippen LogP contribution in [-0.2, 0) is 9.47 Å². The molecular formula is C9H19NO2. The van der Waals surface area contributed by atoms with Crippen molar-refractivity contribution in [3.05, 3.63) is 0 Å². The monoisotopic (exact) mass is 173 g/mol. The van der Waals surface area contributed by atoms with Gasteiger partial charge < -0.3 is 15.2 Å². The Morgan fingerprint density at radius 2 is 2.33 bits per heavy atom. The number of hydrogen-bond acceptors (Lipinski definition) is 3. The Kier molecular flexibility index (Phi) is 3.98. The summed E-state index contributed by atoms with van der Waals surface area (Å²) in [5, 5.41) is 0. The van der Waals surface area contributed by atoms with Gasteiger partial charge >= 0.3 is 0 Å². The molecule has 0 spiro atoms. The summed E-state index contributed by atoms with van der Waals surface area (Å²) < 4.78 is 11.0. The lowest BCUT2D eigenvalue weighted by molar-refractivity contribution is -0.0224. The smallest absolute Gasteiger partial charge is 0.0751 e. The molecule has 0 amide bonds. The second-order valence-electron chi connectivity index (χ2n) is 3.58. The van der Waals surface area contributed by atoms with Crippen molar-refractivity contribution in [1.29, 1.82) is 0 Å². The molecule has 1 fully saturated rings. The SMILES string of the molecule is CC(C)OC(CN)C1CCOC1. The van der Waals surface area contributed by atoms with Gasteiger partial charge in [0.1, 0.15) is 0 Å². The maximum atomic E-state index is 5.68. The van der Waals surface area contributed by atoms with E-state index in [2.05, 4.69) is 0 Å². The average Bonchev–Trinajstić information content (AvgIpc) is 2.51. The molecule has 0 bridgehead atoms. The maximum Gasteiger partial charge on any atom is 0.0751 e. The van der Waals surface area contributed by atoms with E-state index in [0.717, 1.165) is 19.6 Å². The van der Waals surface area contributed by atoms with Gasteiger partial charge in [0.2, 0.25) is 0 Å². The molecule has 1 rings (SSSR count). The molecule has 1 saturated heterocycles. The lowest BCUT2D eigenvalue weighted by Gasteiger charge is -2.23. The molecular weight excluding hydrogens is 154 g/mol. The fraction of sp³-hybridized carbons (Fsp3) is 1.00. The Balaban J connectivity index is 2.32. The highest BCUT2D eigenvalue weighted by molar-refractivity contribution is 4.75. The van der Waals surface area contributed by atoms with Crippen LogP contribution in [-0.4, -0.2) is 32.0 Å². The van der Waals surface area contributed by atoms with Gasteiger partial charge in [-0.1, -0.05) is 0 Å². The van der Waals surface area contributed by atoms with E-state index < -0.39 is 0 Å². The minimum Gasteiger partial charge on any atom is -0.381 e. The van der Waals surface area contributed by atoms with Crippen LogP contribution in [0.5, 0.6) is 0 Å². The van der Waals surface area contributed by atoms with Crippen LogP contribution in [0.25, 0.3) is 0 Å². The Bertz CT molecular complexity index is 122. The average molecular weight is 173 g/mol. The highest BCUT2D eigenvalue weighted by Crippen LogP contribution is 2.19. The van der Waals surface area contributed by atoms with Gasteiger partial charge in [0.05, 0.1) is 18.8 Å². The van der Waals surface area contributed by atoms with Crippen molar-refractivity contribution in [2.24, 2.45) is 11.7 Å². The summed E-state index contributed by atoms with van der Waals surface area (Å²) in [5.41, 5.74) is 5.62. The topological polar surface area (TPSA) is 44.5 Å². The van der Waals surface area contributed by atoms with Crippen molar-refractivity contribution in [1.82, 2.24) is 0 Å². The molecule has 1 heterocycles. The lowest BCUT2D eigenvalue weighted by Crippen LogP contribution is -2.34. The van der Waals surface area contributed by atoms with Gasteiger partial charge in [0.15, 0.2) is 0 Å². The fourth-order valence-corrected chi connectivity index (χ4v) is 1.55. The summed E-state index contributed by atoms with van der Waals surface area (Å²) in [6.45, 7) is 6.36. The summed E-state index contributed by atoms with van der Waals surface area (Å²) in [6.07, 6.45) is 1.54. The van der Waals surface area contributed by atoms with Gasteiger partial charge in [-0.25, -0.2) is 0 Å². The molecule has 12 heavy (non-hydrogen) atoms. The predicted molar refractivity (Wildman–Crippen MR) is 48.0 cm³/mol. The first kappa shape index (κ1) is 9.96. The summed E-state index contributed by atoms with van der Waals surface area (Å²) in [4.78, 5) is 0. The number of ether oxygens (including phenoxy) is 2. The summed E-state index contributed by atoms with van der Waals surface area (Å²) in [6, 6.07) is 0. The molecule has 0 radical (unpaired) electrons. The van der Waals surface area contributed by atoms with Crippen molar-refractivity contribution >= 4 is 0 Å². The van der Waals surface area contributed by atoms with Crippen LogP contribution < -0.4 is 5.73 Å². The predicted octanol–water partition coefficient (Wildman–Crippen LogP) is 0.775. The molecule has 2 atom stereocenters. The van der Waals surface area contributed by atoms with Crippen LogP contribution in [0.3, 0.4) is 0 Å². The molecule has 0 aromatic rings. The van der Waals surface area contributed by atoms with Gasteiger partial charge in [-0.3, -0.25) is 0 Å². The normalized spacial score (nSPS) is 26.5. The third-order valence-corrected chi connectivity index (χ3v) is 2.17. The summed E-state index contributed by atoms with van der Waals surface area (Å²) in [7, 11) is 0. The van der Waals surface area contributed by atoms with Crippen molar-refractivity contribution in [2.75, 3.05) is 19.8 Å². The van der Waals surface area contributed by atoms with E-state index in [-0.39, 0.29) is 12.2 Å². The van der Waals surface area contributed by atoms with Crippen LogP contribution in [0.1, 0.15) is 20.3 Å². The quantitative estimate of drug-likeness (QED) is 0.683. The Hall–Kier alpha value is -0.120. The zero-order valence-corrected chi connectivity index (χ0v) is 7.95. The molecule has 0 aromatic carbocycles. The molecule has 1 aliphatic rings. The highest BCUT2D eigenvalue weighted by atomic mass is 16.5. The van der Waals surface area contributed by atoms with Crippen molar-refractivity contribution < 1.29 is 9.47 Å². The van der Waals surface area contributed by atoms with Crippen molar-refractivity contribution in [3.63, 3.8) is 0 Å². The maximum absolute atomic E-state index is 5.68. The van der Waals surface area contributed by atoms with Crippen LogP contribution in [0, 0.1) is 5.92 Å². The molecule has 2 unspecified atom stereocenters. The molecule has 1 aliphatic heterocycles. The number of nitrogens with two attached hydrogens (primary N) is 1. The third-order valence-electron chi connectivity index (χ3n) is 2.17. The van der Waals surface area contributed by atoms with Crippen LogP contribution in [0.15, 0.2) is 0 Å². The second-order valence-corrected chi connectivity index (χ2v) is 3.58. The molecule has 0 saturated carbocycles. The van der Waals surface area contributed by atoms with E-state index in [4.69, 9.17) is 15.2 Å². The van der Waals surface area contributed by atoms with E-state index in [1.807, 2.05) is 13.8 Å². The van der Waals surface area contributed by atoms with Crippen LogP contribution in [0.2, 0.25) is 0 Å². The Labute approximate surface area is 74.2 Å². The van der Waals surface area contributed by atoms with E-state index >= 15 is 0 Å². The zero-order valence-electron chi connectivity index (χ0n) is 7.95.